The smallest absolute Gasteiger partial charge is 0.260 e. The van der Waals surface area contributed by atoms with E-state index in [1.54, 1.807) is 21.3 Å². The van der Waals surface area contributed by atoms with Crippen LogP contribution < -0.4 is 4.90 Å². The average Bonchev–Trinajstić information content (AvgIpc) is 3.46. The third kappa shape index (κ3) is 5.75. The van der Waals surface area contributed by atoms with Gasteiger partial charge in [0.05, 0.1) is 27.4 Å². The third-order valence-corrected chi connectivity index (χ3v) is 10.2. The van der Waals surface area contributed by atoms with Crippen LogP contribution in [-0.4, -0.2) is 53.0 Å². The molecule has 0 N–H and O–H groups in total. The van der Waals surface area contributed by atoms with Crippen LogP contribution in [0.1, 0.15) is 47.1 Å². The number of amides is 1. The second kappa shape index (κ2) is 11.0. The Hall–Kier alpha value is -2.79. The van der Waals surface area contributed by atoms with Crippen LogP contribution in [0.15, 0.2) is 47.4 Å². The minimum absolute atomic E-state index is 0.201. The van der Waals surface area contributed by atoms with Crippen LogP contribution in [-0.2, 0) is 16.6 Å². The molecule has 0 saturated carbocycles. The molecule has 1 amide bonds. The second-order valence-electron chi connectivity index (χ2n) is 10.3. The van der Waals surface area contributed by atoms with Crippen LogP contribution in [0.5, 0.6) is 0 Å². The van der Waals surface area contributed by atoms with Gasteiger partial charge in [-0.15, -0.1) is 0 Å². The Morgan fingerprint density at radius 2 is 1.90 bits per heavy atom. The zero-order chi connectivity index (χ0) is 27.9. The lowest BCUT2D eigenvalue weighted by Gasteiger charge is -2.30. The summed E-state index contributed by atoms with van der Waals surface area (Å²) in [6, 6.07) is 12.0. The Bertz CT molecular complexity index is 1630. The average molecular weight is 586 g/mol. The number of benzene rings is 2. The number of fused-ring (bicyclic) bond motifs is 1. The van der Waals surface area contributed by atoms with Gasteiger partial charge in [-0.1, -0.05) is 29.9 Å². The molecule has 0 spiro atoms. The zero-order valence-electron chi connectivity index (χ0n) is 22.5. The number of nitrogens with zero attached hydrogens (tertiary/aromatic N) is 5. The van der Waals surface area contributed by atoms with Crippen LogP contribution >= 0.6 is 22.9 Å². The lowest BCUT2D eigenvalue weighted by Crippen LogP contribution is -2.39. The van der Waals surface area contributed by atoms with E-state index in [1.165, 1.54) is 23.5 Å². The summed E-state index contributed by atoms with van der Waals surface area (Å²) in [6.45, 7) is 9.81. The van der Waals surface area contributed by atoms with E-state index in [0.717, 1.165) is 40.0 Å². The van der Waals surface area contributed by atoms with E-state index in [9.17, 15) is 13.2 Å². The minimum atomic E-state index is -3.61. The van der Waals surface area contributed by atoms with Gasteiger partial charge in [0.15, 0.2) is 5.13 Å². The number of aromatic nitrogens is 3. The molecule has 1 aliphatic heterocycles. The molecule has 1 aliphatic rings. The van der Waals surface area contributed by atoms with Crippen molar-refractivity contribution >= 4 is 54.2 Å². The minimum Gasteiger partial charge on any atom is -0.282 e. The van der Waals surface area contributed by atoms with Crippen molar-refractivity contribution in [2.45, 2.75) is 52.0 Å². The summed E-state index contributed by atoms with van der Waals surface area (Å²) in [6.07, 6.45) is 1.89. The summed E-state index contributed by atoms with van der Waals surface area (Å²) in [5.41, 5.74) is 4.06. The van der Waals surface area contributed by atoms with Crippen molar-refractivity contribution in [2.24, 2.45) is 5.92 Å². The number of piperidine rings is 1. The maximum absolute atomic E-state index is 13.9. The Labute approximate surface area is 238 Å². The standard InChI is InChI=1S/C28H32ClN5O3S2/c1-18-6-5-11-32(17-18)39(36,37)24-9-7-22(8-10-24)27(35)33(12-13-34-21(4)15-20(3)31-34)28-30-26-19(2)14-23(29)16-25(26)38-28/h7-10,14-16,18H,5-6,11-13,17H2,1-4H3. The van der Waals surface area contributed by atoms with Crippen molar-refractivity contribution in [3.63, 3.8) is 0 Å². The first-order chi connectivity index (χ1) is 18.5. The summed E-state index contributed by atoms with van der Waals surface area (Å²) in [7, 11) is -3.61. The Balaban J connectivity index is 1.46. The highest BCUT2D eigenvalue weighted by Crippen LogP contribution is 2.34. The highest BCUT2D eigenvalue weighted by molar-refractivity contribution is 7.89. The highest BCUT2D eigenvalue weighted by atomic mass is 35.5. The Morgan fingerprint density at radius 3 is 2.56 bits per heavy atom. The van der Waals surface area contributed by atoms with Crippen LogP contribution in [0.25, 0.3) is 10.2 Å². The van der Waals surface area contributed by atoms with Crippen molar-refractivity contribution in [2.75, 3.05) is 24.5 Å². The molecular weight excluding hydrogens is 554 g/mol. The Morgan fingerprint density at radius 1 is 1.15 bits per heavy atom. The molecule has 4 aromatic rings. The number of carbonyl (C=O) groups is 1. The normalized spacial score (nSPS) is 16.6. The van der Waals surface area contributed by atoms with E-state index in [-0.39, 0.29) is 10.8 Å². The topological polar surface area (TPSA) is 88.4 Å². The number of aryl methyl sites for hydroxylation is 3. The second-order valence-corrected chi connectivity index (χ2v) is 13.7. The van der Waals surface area contributed by atoms with Crippen molar-refractivity contribution in [1.29, 1.82) is 0 Å². The number of carbonyl (C=O) groups excluding carboxylic acids is 1. The fraction of sp³-hybridized carbons (Fsp3) is 0.393. The molecule has 2 aromatic heterocycles. The molecular formula is C28H32ClN5O3S2. The SMILES string of the molecule is Cc1cc(C)n(CCN(C(=O)c2ccc(S(=O)(=O)N3CCCC(C)C3)cc2)c2nc3c(C)cc(Cl)cc3s2)n1. The maximum atomic E-state index is 13.9. The fourth-order valence-electron chi connectivity index (χ4n) is 5.08. The van der Waals surface area contributed by atoms with Crippen molar-refractivity contribution in [3.05, 3.63) is 70.0 Å². The van der Waals surface area contributed by atoms with E-state index >= 15 is 0 Å². The number of hydrogen-bond acceptors (Lipinski definition) is 6. The molecule has 3 heterocycles. The van der Waals surface area contributed by atoms with E-state index in [0.29, 0.717) is 47.8 Å². The van der Waals surface area contributed by atoms with Gasteiger partial charge in [0.2, 0.25) is 10.0 Å². The maximum Gasteiger partial charge on any atom is 0.260 e. The van der Waals surface area contributed by atoms with E-state index in [4.69, 9.17) is 16.6 Å². The molecule has 1 saturated heterocycles. The lowest BCUT2D eigenvalue weighted by molar-refractivity contribution is 0.0985. The van der Waals surface area contributed by atoms with Gasteiger partial charge in [-0.2, -0.15) is 9.40 Å². The van der Waals surface area contributed by atoms with Crippen LogP contribution in [0.4, 0.5) is 5.13 Å². The highest BCUT2D eigenvalue weighted by Gasteiger charge is 2.29. The van der Waals surface area contributed by atoms with Gasteiger partial charge in [0.25, 0.3) is 5.91 Å². The first-order valence-electron chi connectivity index (χ1n) is 13.0. The number of halogens is 1. The first kappa shape index (κ1) is 27.8. The molecule has 0 radical (unpaired) electrons. The molecule has 11 heteroatoms. The molecule has 0 bridgehead atoms. The number of hydrogen-bond donors (Lipinski definition) is 0. The predicted octanol–water partition coefficient (Wildman–Crippen LogP) is 5.84. The van der Waals surface area contributed by atoms with Gasteiger partial charge in [0.1, 0.15) is 0 Å². The van der Waals surface area contributed by atoms with Gasteiger partial charge in [-0.05, 0) is 87.6 Å². The Kier molecular flexibility index (Phi) is 7.83. The van der Waals surface area contributed by atoms with Gasteiger partial charge >= 0.3 is 0 Å². The molecule has 8 nitrogen and oxygen atoms in total. The van der Waals surface area contributed by atoms with Crippen molar-refractivity contribution < 1.29 is 13.2 Å². The molecule has 1 unspecified atom stereocenters. The quantitative estimate of drug-likeness (QED) is 0.272. The number of rotatable bonds is 7. The van der Waals surface area contributed by atoms with Crippen LogP contribution in [0.3, 0.4) is 0 Å². The molecule has 0 aliphatic carbocycles. The van der Waals surface area contributed by atoms with Crippen LogP contribution in [0, 0.1) is 26.7 Å². The fourth-order valence-corrected chi connectivity index (χ4v) is 8.12. The van der Waals surface area contributed by atoms with Gasteiger partial charge < -0.3 is 0 Å². The summed E-state index contributed by atoms with van der Waals surface area (Å²) in [5, 5.41) is 5.71. The van der Waals surface area contributed by atoms with Crippen molar-refractivity contribution in [3.8, 4) is 0 Å². The number of anilines is 1. The zero-order valence-corrected chi connectivity index (χ0v) is 24.9. The first-order valence-corrected chi connectivity index (χ1v) is 15.7. The van der Waals surface area contributed by atoms with Gasteiger partial charge in [-0.25, -0.2) is 13.4 Å². The van der Waals surface area contributed by atoms with Gasteiger partial charge in [0, 0.05) is 35.9 Å². The van der Waals surface area contributed by atoms with Crippen LogP contribution in [0.2, 0.25) is 5.02 Å². The monoisotopic (exact) mass is 585 g/mol. The molecule has 1 fully saturated rings. The summed E-state index contributed by atoms with van der Waals surface area (Å²) in [5.74, 6) is 0.0763. The lowest BCUT2D eigenvalue weighted by atomic mass is 10.0. The predicted molar refractivity (Wildman–Crippen MR) is 156 cm³/mol. The molecule has 1 atom stereocenters. The number of thiazole rings is 1. The molecule has 5 rings (SSSR count). The largest absolute Gasteiger partial charge is 0.282 e. The van der Waals surface area contributed by atoms with E-state index in [2.05, 4.69) is 12.0 Å². The summed E-state index contributed by atoms with van der Waals surface area (Å²) < 4.78 is 30.8. The number of sulfonamides is 1. The third-order valence-electron chi connectivity index (χ3n) is 7.11. The molecule has 206 valence electrons. The van der Waals surface area contributed by atoms with E-state index < -0.39 is 10.0 Å². The van der Waals surface area contributed by atoms with E-state index in [1.807, 2.05) is 43.7 Å². The van der Waals surface area contributed by atoms with Gasteiger partial charge in [-0.3, -0.25) is 14.4 Å². The molecule has 39 heavy (non-hydrogen) atoms. The summed E-state index contributed by atoms with van der Waals surface area (Å²) >= 11 is 7.69. The summed E-state index contributed by atoms with van der Waals surface area (Å²) in [4.78, 5) is 20.5. The molecule has 2 aromatic carbocycles. The van der Waals surface area contributed by atoms with Crippen molar-refractivity contribution in [1.82, 2.24) is 19.1 Å².